The lowest BCUT2D eigenvalue weighted by atomic mass is 10.1. The van der Waals surface area contributed by atoms with Gasteiger partial charge in [0.1, 0.15) is 16.7 Å². The first kappa shape index (κ1) is 24.8. The molecule has 1 N–H and O–H groups in total. The number of anilines is 1. The predicted octanol–water partition coefficient (Wildman–Crippen LogP) is 5.54. The second-order valence-electron chi connectivity index (χ2n) is 8.23. The average molecular weight is 546 g/mol. The van der Waals surface area contributed by atoms with Gasteiger partial charge in [0.15, 0.2) is 0 Å². The Morgan fingerprint density at radius 2 is 1.77 bits per heavy atom. The van der Waals surface area contributed by atoms with Crippen molar-refractivity contribution in [2.45, 2.75) is 25.0 Å². The third kappa shape index (κ3) is 6.02. The van der Waals surface area contributed by atoms with Gasteiger partial charge in [-0.15, -0.1) is 0 Å². The Morgan fingerprint density at radius 3 is 2.46 bits per heavy atom. The minimum atomic E-state index is -0.475. The number of rotatable bonds is 7. The molecule has 0 aromatic heterocycles. The third-order valence-corrected chi connectivity index (χ3v) is 7.43. The fourth-order valence-corrected chi connectivity index (χ4v) is 5.49. The Balaban J connectivity index is 1.62. The molecule has 0 spiro atoms. The monoisotopic (exact) mass is 545 g/mol. The van der Waals surface area contributed by atoms with E-state index in [1.807, 2.05) is 67.6 Å². The fourth-order valence-electron chi connectivity index (χ4n) is 3.92. The molecule has 3 aromatic carbocycles. The van der Waals surface area contributed by atoms with Crippen LogP contribution in [0.3, 0.4) is 0 Å². The van der Waals surface area contributed by atoms with Crippen molar-refractivity contribution in [3.8, 4) is 6.07 Å². The van der Waals surface area contributed by atoms with Crippen LogP contribution in [0.15, 0.2) is 93.9 Å². The Bertz CT molecular complexity index is 1300. The van der Waals surface area contributed by atoms with Crippen LogP contribution in [0.2, 0.25) is 0 Å². The molecule has 0 bridgehead atoms. The van der Waals surface area contributed by atoms with Crippen LogP contribution in [0.25, 0.3) is 0 Å². The van der Waals surface area contributed by atoms with Crippen molar-refractivity contribution in [3.63, 3.8) is 0 Å². The van der Waals surface area contributed by atoms with Gasteiger partial charge in [0, 0.05) is 16.7 Å². The van der Waals surface area contributed by atoms with Gasteiger partial charge in [0.25, 0.3) is 5.91 Å². The molecule has 2 amide bonds. The third-order valence-electron chi connectivity index (χ3n) is 5.64. The van der Waals surface area contributed by atoms with E-state index in [0.717, 1.165) is 21.2 Å². The molecule has 4 rings (SSSR count). The van der Waals surface area contributed by atoms with E-state index in [1.54, 1.807) is 12.1 Å². The number of nitriles is 1. The molecule has 0 radical (unpaired) electrons. The highest BCUT2D eigenvalue weighted by atomic mass is 79.9. The number of nitrogens with one attached hydrogen (secondary N) is 1. The van der Waals surface area contributed by atoms with E-state index in [4.69, 9.17) is 0 Å². The number of hydrogen-bond acceptors (Lipinski definition) is 4. The molecule has 5 nitrogen and oxygen atoms in total. The number of carbonyl (C=O) groups excluding carboxylic acids is 2. The summed E-state index contributed by atoms with van der Waals surface area (Å²) in [4.78, 5) is 28.1. The van der Waals surface area contributed by atoms with E-state index in [9.17, 15) is 14.9 Å². The van der Waals surface area contributed by atoms with Crippen LogP contribution in [0, 0.1) is 18.3 Å². The van der Waals surface area contributed by atoms with Crippen LogP contribution in [-0.4, -0.2) is 23.6 Å². The van der Waals surface area contributed by atoms with Gasteiger partial charge in [0.05, 0.1) is 5.25 Å². The summed E-state index contributed by atoms with van der Waals surface area (Å²) in [6.45, 7) is 2.41. The molecule has 1 heterocycles. The highest BCUT2D eigenvalue weighted by Gasteiger charge is 2.40. The molecule has 0 saturated carbocycles. The normalized spacial score (nSPS) is 16.7. The van der Waals surface area contributed by atoms with Gasteiger partial charge in [-0.25, -0.2) is 0 Å². The van der Waals surface area contributed by atoms with Gasteiger partial charge < -0.3 is 5.32 Å². The van der Waals surface area contributed by atoms with Crippen LogP contribution >= 0.6 is 27.7 Å². The Morgan fingerprint density at radius 1 is 1.06 bits per heavy atom. The highest BCUT2D eigenvalue weighted by molar-refractivity contribution is 9.10. The van der Waals surface area contributed by atoms with Crippen molar-refractivity contribution < 1.29 is 9.59 Å². The zero-order valence-electron chi connectivity index (χ0n) is 19.2. The number of nitrogens with zero attached hydrogens (tertiary/aromatic N) is 2. The Kier molecular flexibility index (Phi) is 8.06. The molecule has 0 aliphatic carbocycles. The summed E-state index contributed by atoms with van der Waals surface area (Å²) in [7, 11) is 0. The molecule has 1 aliphatic heterocycles. The second-order valence-corrected chi connectivity index (χ2v) is 10.3. The van der Waals surface area contributed by atoms with Crippen molar-refractivity contribution in [1.82, 2.24) is 5.32 Å². The van der Waals surface area contributed by atoms with E-state index >= 15 is 0 Å². The lowest BCUT2D eigenvalue weighted by Crippen LogP contribution is -2.32. The number of hydrogen-bond donors (Lipinski definition) is 1. The number of aryl methyl sites for hydroxylation is 1. The van der Waals surface area contributed by atoms with Crippen molar-refractivity contribution >= 4 is 45.2 Å². The zero-order chi connectivity index (χ0) is 24.8. The summed E-state index contributed by atoms with van der Waals surface area (Å²) in [5, 5.41) is 12.7. The number of benzene rings is 3. The minimum absolute atomic E-state index is 0.0499. The van der Waals surface area contributed by atoms with Crippen molar-refractivity contribution in [2.75, 3.05) is 11.4 Å². The summed E-state index contributed by atoms with van der Waals surface area (Å²) < 4.78 is 0.876. The van der Waals surface area contributed by atoms with Crippen LogP contribution in [0.5, 0.6) is 0 Å². The number of carbonyl (C=O) groups is 2. The molecule has 7 heteroatoms. The quantitative estimate of drug-likeness (QED) is 0.312. The highest BCUT2D eigenvalue weighted by Crippen LogP contribution is 2.42. The van der Waals surface area contributed by atoms with E-state index in [2.05, 4.69) is 33.4 Å². The summed E-state index contributed by atoms with van der Waals surface area (Å²) >= 11 is 4.70. The molecular formula is C28H24BrN3O2S. The maximum atomic E-state index is 13.6. The van der Waals surface area contributed by atoms with Gasteiger partial charge in [-0.3, -0.25) is 14.5 Å². The molecule has 0 unspecified atom stereocenters. The maximum Gasteiger partial charge on any atom is 0.264 e. The summed E-state index contributed by atoms with van der Waals surface area (Å²) in [6, 6.07) is 27.2. The Hall–Kier alpha value is -3.34. The molecule has 1 aliphatic rings. The topological polar surface area (TPSA) is 73.2 Å². The van der Waals surface area contributed by atoms with E-state index in [1.165, 1.54) is 16.7 Å². The lowest BCUT2D eigenvalue weighted by Gasteiger charge is -2.19. The van der Waals surface area contributed by atoms with Gasteiger partial charge in [-0.2, -0.15) is 5.26 Å². The van der Waals surface area contributed by atoms with Gasteiger partial charge >= 0.3 is 0 Å². The van der Waals surface area contributed by atoms with E-state index < -0.39 is 11.2 Å². The molecule has 3 aromatic rings. The van der Waals surface area contributed by atoms with Crippen molar-refractivity contribution in [2.24, 2.45) is 0 Å². The van der Waals surface area contributed by atoms with Gasteiger partial charge in [0.2, 0.25) is 5.91 Å². The molecule has 1 atom stereocenters. The average Bonchev–Trinajstić information content (AvgIpc) is 3.16. The van der Waals surface area contributed by atoms with Gasteiger partial charge in [-0.05, 0) is 55.2 Å². The zero-order valence-corrected chi connectivity index (χ0v) is 21.6. The summed E-state index contributed by atoms with van der Waals surface area (Å²) in [5.74, 6) is -0.615. The largest absolute Gasteiger partial charge is 0.351 e. The molecular weight excluding hydrogens is 522 g/mol. The second kappa shape index (κ2) is 11.4. The molecule has 1 saturated heterocycles. The van der Waals surface area contributed by atoms with E-state index in [0.29, 0.717) is 30.1 Å². The summed E-state index contributed by atoms with van der Waals surface area (Å²) in [6.07, 6.45) is 1.16. The van der Waals surface area contributed by atoms with Crippen molar-refractivity contribution in [3.05, 3.63) is 111 Å². The van der Waals surface area contributed by atoms with Crippen LogP contribution in [0.4, 0.5) is 5.69 Å². The van der Waals surface area contributed by atoms with Crippen LogP contribution in [-0.2, 0) is 22.4 Å². The summed E-state index contributed by atoms with van der Waals surface area (Å²) in [5.41, 5.74) is 3.83. The van der Waals surface area contributed by atoms with E-state index in [-0.39, 0.29) is 11.5 Å². The SMILES string of the molecule is Cc1cccc(C[C@@H]2S/C(=C(/C#N)C(=O)NCCc3ccccc3)N(c3ccc(Br)cc3)C2=O)c1. The maximum absolute atomic E-state index is 13.6. The lowest BCUT2D eigenvalue weighted by molar-refractivity contribution is -0.117. The van der Waals surface area contributed by atoms with Crippen LogP contribution in [0.1, 0.15) is 16.7 Å². The first-order valence-electron chi connectivity index (χ1n) is 11.2. The Labute approximate surface area is 218 Å². The smallest absolute Gasteiger partial charge is 0.264 e. The van der Waals surface area contributed by atoms with Gasteiger partial charge in [-0.1, -0.05) is 87.9 Å². The first-order valence-corrected chi connectivity index (χ1v) is 12.9. The number of halogens is 1. The minimum Gasteiger partial charge on any atom is -0.351 e. The van der Waals surface area contributed by atoms with Crippen LogP contribution < -0.4 is 10.2 Å². The molecule has 1 fully saturated rings. The number of thioether (sulfide) groups is 1. The number of amides is 2. The first-order chi connectivity index (χ1) is 17.0. The predicted molar refractivity (Wildman–Crippen MR) is 144 cm³/mol. The molecule has 176 valence electrons. The fraction of sp³-hybridized carbons (Fsp3) is 0.179. The molecule has 35 heavy (non-hydrogen) atoms. The van der Waals surface area contributed by atoms with Crippen molar-refractivity contribution in [1.29, 1.82) is 5.26 Å². The standard InChI is InChI=1S/C28H24BrN3O2S/c1-19-6-5-9-21(16-19)17-25-27(34)32(23-12-10-22(29)11-13-23)28(35-25)24(18-30)26(33)31-15-14-20-7-3-2-4-8-20/h2-13,16,25H,14-15,17H2,1H3,(H,31,33)/b28-24-/t25-/m0/s1.